The molecule has 0 saturated heterocycles. The lowest BCUT2D eigenvalue weighted by Crippen LogP contribution is -2.26. The lowest BCUT2D eigenvalue weighted by atomic mass is 9.66. The molecule has 0 aliphatic heterocycles. The molecule has 2 unspecified atom stereocenters. The number of carbonyl (C=O) groups is 5. The third-order valence-electron chi connectivity index (χ3n) is 19.1. The number of hydrogen-bond acceptors (Lipinski definition) is 5. The van der Waals surface area contributed by atoms with Crippen LogP contribution in [-0.4, -0.2) is 31.4 Å². The molecule has 0 aromatic heterocycles. The van der Waals surface area contributed by atoms with E-state index in [0.29, 0.717) is 5.41 Å². The van der Waals surface area contributed by atoms with Crippen LogP contribution in [0.25, 0.3) is 0 Å². The molecule has 0 radical (unpaired) electrons. The van der Waals surface area contributed by atoms with Crippen LogP contribution in [0.3, 0.4) is 0 Å². The molecule has 0 fully saturated rings. The van der Waals surface area contributed by atoms with Crippen molar-refractivity contribution < 1.29 is 24.0 Å². The Morgan fingerprint density at radius 1 is 0.287 bits per heavy atom. The number of hydrogen-bond donors (Lipinski definition) is 0. The standard InChI is InChI=1S/C82H146O5/c1-2-3-56-67-80(68-57-46-36-28-20-12-4-8-16-24-32-41-51-62-73-83)78-82(71-60-49-39-30-22-14-6-10-18-26-34-43-53-64-75-85,72-61-50-40-31-23-15-7-11-19-27-35-44-54-65-76-86)79-81(70-59-48-38-45-55-66-77-87)69-58-47-37-29-21-13-5-9-17-25-33-42-52-63-74-84/h34,43,52-54,63-65,67,73-77,81H,2-33,35-42,44-51,55-62,66,68-72,78-79H2,1H3/b43-34-,63-52-,64-53-,65-54-,80-67-. The molecule has 0 aromatic carbocycles. The highest BCUT2D eigenvalue weighted by Gasteiger charge is 2.33. The minimum absolute atomic E-state index is 0.398. The molecule has 2 atom stereocenters. The van der Waals surface area contributed by atoms with Crippen molar-refractivity contribution in [3.63, 3.8) is 0 Å². The summed E-state index contributed by atoms with van der Waals surface area (Å²) in [6.45, 7) is 2.38. The van der Waals surface area contributed by atoms with Gasteiger partial charge in [-0.15, -0.1) is 0 Å². The van der Waals surface area contributed by atoms with Gasteiger partial charge in [0.2, 0.25) is 0 Å². The summed E-state index contributed by atoms with van der Waals surface area (Å²) in [6, 6.07) is 0. The van der Waals surface area contributed by atoms with Crippen molar-refractivity contribution in [3.8, 4) is 0 Å². The van der Waals surface area contributed by atoms with E-state index in [9.17, 15) is 24.0 Å². The Balaban J connectivity index is 6.25. The fourth-order valence-electron chi connectivity index (χ4n) is 13.7. The molecule has 5 nitrogen and oxygen atoms in total. The van der Waals surface area contributed by atoms with Crippen LogP contribution in [0.2, 0.25) is 0 Å². The van der Waals surface area contributed by atoms with Crippen LogP contribution >= 0.6 is 0 Å². The first kappa shape index (κ1) is 84.0. The predicted octanol–water partition coefficient (Wildman–Crippen LogP) is 26.7. The van der Waals surface area contributed by atoms with Gasteiger partial charge >= 0.3 is 0 Å². The Labute approximate surface area is 542 Å². The zero-order valence-electron chi connectivity index (χ0n) is 58.0. The van der Waals surface area contributed by atoms with Gasteiger partial charge in [-0.05, 0) is 126 Å². The van der Waals surface area contributed by atoms with E-state index in [-0.39, 0.29) is 0 Å². The summed E-state index contributed by atoms with van der Waals surface area (Å²) in [5.74, 6) is 0.815. The van der Waals surface area contributed by atoms with Gasteiger partial charge in [-0.3, -0.25) is 14.4 Å². The van der Waals surface area contributed by atoms with Gasteiger partial charge in [-0.2, -0.15) is 0 Å². The number of unbranched alkanes of at least 4 members (excludes halogenated alkanes) is 51. The molecule has 0 N–H and O–H groups in total. The smallest absolute Gasteiger partial charge is 0.142 e. The van der Waals surface area contributed by atoms with Crippen LogP contribution in [0.4, 0.5) is 0 Å². The quantitative estimate of drug-likeness (QED) is 0.0199. The van der Waals surface area contributed by atoms with Gasteiger partial charge in [0, 0.05) is 12.8 Å². The fourth-order valence-corrected chi connectivity index (χ4v) is 13.7. The van der Waals surface area contributed by atoms with Crippen LogP contribution in [-0.2, 0) is 24.0 Å². The summed E-state index contributed by atoms with van der Waals surface area (Å²) in [7, 11) is 0. The molecule has 5 heteroatoms. The Morgan fingerprint density at radius 3 is 0.920 bits per heavy atom. The Hall–Kier alpha value is -2.95. The highest BCUT2D eigenvalue weighted by Crippen LogP contribution is 2.46. The van der Waals surface area contributed by atoms with Gasteiger partial charge in [0.1, 0.15) is 31.4 Å². The normalized spacial score (nSPS) is 13.2. The van der Waals surface area contributed by atoms with Crippen molar-refractivity contribution in [1.29, 1.82) is 0 Å². The first-order chi connectivity index (χ1) is 43.1. The molecule has 0 spiro atoms. The van der Waals surface area contributed by atoms with Crippen LogP contribution < -0.4 is 0 Å². The molecule has 0 saturated carbocycles. The van der Waals surface area contributed by atoms with Crippen LogP contribution in [0.5, 0.6) is 0 Å². The highest BCUT2D eigenvalue weighted by atomic mass is 16.1. The van der Waals surface area contributed by atoms with Gasteiger partial charge < -0.3 is 9.59 Å². The SMILES string of the molecule is CCCC/C=C(/CCCCCCCCCCCCCCCC=O)CC(CCCCCCCCCCC/C=C\C=C/C=O)(CCCCCCCCCCCCC/C=C\C=O)CC(CCCCCCCC=O)CCCCCCCCCCCCC/C=C\C=O. The lowest BCUT2D eigenvalue weighted by molar-refractivity contribution is -0.108. The van der Waals surface area contributed by atoms with E-state index in [1.165, 1.54) is 366 Å². The number of rotatable bonds is 75. The van der Waals surface area contributed by atoms with Crippen molar-refractivity contribution in [2.75, 3.05) is 0 Å². The third-order valence-corrected chi connectivity index (χ3v) is 19.1. The van der Waals surface area contributed by atoms with Crippen molar-refractivity contribution in [2.24, 2.45) is 11.3 Å². The van der Waals surface area contributed by atoms with Gasteiger partial charge in [-0.1, -0.05) is 351 Å². The molecule has 0 amide bonds. The lowest BCUT2D eigenvalue weighted by Gasteiger charge is -2.39. The summed E-state index contributed by atoms with van der Waals surface area (Å²) in [4.78, 5) is 53.5. The Kier molecular flexibility index (Phi) is 71.3. The molecule has 0 bridgehead atoms. The van der Waals surface area contributed by atoms with Crippen LogP contribution in [0.15, 0.2) is 60.3 Å². The zero-order valence-corrected chi connectivity index (χ0v) is 58.0. The maximum atomic E-state index is 11.1. The summed E-state index contributed by atoms with van der Waals surface area (Å²) in [5.41, 5.74) is 2.23. The average molecular weight is 1210 g/mol. The van der Waals surface area contributed by atoms with Crippen LogP contribution in [0.1, 0.15) is 418 Å². The second-order valence-electron chi connectivity index (χ2n) is 27.3. The Bertz CT molecular complexity index is 1590. The van der Waals surface area contributed by atoms with Crippen molar-refractivity contribution in [1.82, 2.24) is 0 Å². The van der Waals surface area contributed by atoms with Crippen LogP contribution in [0, 0.1) is 11.3 Å². The summed E-state index contributed by atoms with van der Waals surface area (Å²) < 4.78 is 0. The second-order valence-corrected chi connectivity index (χ2v) is 27.3. The first-order valence-corrected chi connectivity index (χ1v) is 38.6. The molecular formula is C82H146O5. The number of allylic oxidation sites excluding steroid dienone is 10. The minimum Gasteiger partial charge on any atom is -0.303 e. The minimum atomic E-state index is 0.398. The van der Waals surface area contributed by atoms with Gasteiger partial charge in [0.25, 0.3) is 0 Å². The van der Waals surface area contributed by atoms with E-state index in [0.717, 1.165) is 82.3 Å². The van der Waals surface area contributed by atoms with E-state index < -0.39 is 0 Å². The summed E-state index contributed by atoms with van der Waals surface area (Å²) in [5, 5.41) is 0. The maximum absolute atomic E-state index is 11.1. The van der Waals surface area contributed by atoms with E-state index in [2.05, 4.69) is 19.1 Å². The maximum Gasteiger partial charge on any atom is 0.142 e. The van der Waals surface area contributed by atoms with E-state index >= 15 is 0 Å². The fraction of sp³-hybridized carbons (Fsp3) is 0.817. The molecule has 0 aromatic rings. The first-order valence-electron chi connectivity index (χ1n) is 38.6. The molecule has 87 heavy (non-hydrogen) atoms. The van der Waals surface area contributed by atoms with Gasteiger partial charge in [0.15, 0.2) is 0 Å². The average Bonchev–Trinajstić information content (AvgIpc) is 3.68. The largest absolute Gasteiger partial charge is 0.303 e. The second kappa shape index (κ2) is 73.8. The molecule has 0 aliphatic carbocycles. The summed E-state index contributed by atoms with van der Waals surface area (Å²) in [6.07, 6.45) is 106. The molecule has 0 heterocycles. The van der Waals surface area contributed by atoms with Crippen molar-refractivity contribution >= 4 is 31.4 Å². The topological polar surface area (TPSA) is 85.3 Å². The predicted molar refractivity (Wildman–Crippen MR) is 382 cm³/mol. The van der Waals surface area contributed by atoms with Crippen molar-refractivity contribution in [2.45, 2.75) is 418 Å². The number of aldehydes is 5. The Morgan fingerprint density at radius 2 is 0.586 bits per heavy atom. The highest BCUT2D eigenvalue weighted by molar-refractivity contribution is 5.65. The van der Waals surface area contributed by atoms with E-state index in [4.69, 9.17) is 0 Å². The van der Waals surface area contributed by atoms with Gasteiger partial charge in [0.05, 0.1) is 0 Å². The molecule has 504 valence electrons. The molecule has 0 rings (SSSR count). The zero-order chi connectivity index (χ0) is 62.8. The summed E-state index contributed by atoms with van der Waals surface area (Å²) >= 11 is 0. The van der Waals surface area contributed by atoms with E-state index in [1.54, 1.807) is 18.2 Å². The van der Waals surface area contributed by atoms with E-state index in [1.807, 2.05) is 29.9 Å². The van der Waals surface area contributed by atoms with Gasteiger partial charge in [-0.25, -0.2) is 0 Å². The third kappa shape index (κ3) is 65.8. The van der Waals surface area contributed by atoms with Crippen molar-refractivity contribution in [3.05, 3.63) is 60.3 Å². The molecule has 0 aliphatic rings. The number of carbonyl (C=O) groups excluding carboxylic acids is 5. The monoisotopic (exact) mass is 1210 g/mol. The molecular weight excluding hydrogens is 1060 g/mol.